The summed E-state index contributed by atoms with van der Waals surface area (Å²) in [5.74, 6) is 0.276. The molecule has 2 bridgehead atoms. The highest BCUT2D eigenvalue weighted by Crippen LogP contribution is 2.55. The first-order valence-corrected chi connectivity index (χ1v) is 9.47. The zero-order valence-electron chi connectivity index (χ0n) is 16.0. The lowest BCUT2D eigenvalue weighted by Crippen LogP contribution is -2.37. The number of ketones is 1. The second kappa shape index (κ2) is 6.10. The van der Waals surface area contributed by atoms with E-state index in [1.165, 1.54) is 0 Å². The molecular weight excluding hydrogens is 320 g/mol. The van der Waals surface area contributed by atoms with E-state index in [9.17, 15) is 14.4 Å². The van der Waals surface area contributed by atoms with Crippen LogP contribution in [0.15, 0.2) is 0 Å². The van der Waals surface area contributed by atoms with Gasteiger partial charge < -0.3 is 9.47 Å². The minimum atomic E-state index is -0.437. The first-order chi connectivity index (χ1) is 11.5. The molecule has 0 aromatic rings. The molecule has 3 fully saturated rings. The quantitative estimate of drug-likeness (QED) is 0.659. The Bertz CT molecular complexity index is 591. The molecule has 0 radical (unpaired) electrons. The normalized spacial score (nSPS) is 33.5. The van der Waals surface area contributed by atoms with Gasteiger partial charge in [-0.05, 0) is 24.7 Å². The molecule has 1 aliphatic heterocycles. The molecule has 2 aliphatic carbocycles. The summed E-state index contributed by atoms with van der Waals surface area (Å²) >= 11 is 0. The van der Waals surface area contributed by atoms with E-state index in [0.717, 1.165) is 19.3 Å². The Morgan fingerprint density at radius 1 is 1.16 bits per heavy atom. The van der Waals surface area contributed by atoms with Crippen LogP contribution >= 0.6 is 0 Å². The van der Waals surface area contributed by atoms with E-state index in [0.29, 0.717) is 6.42 Å². The Kier molecular flexibility index (Phi) is 4.49. The van der Waals surface area contributed by atoms with Crippen molar-refractivity contribution in [2.24, 2.45) is 28.6 Å². The average Bonchev–Trinajstić information content (AvgIpc) is 3.10. The predicted molar refractivity (Wildman–Crippen MR) is 91.6 cm³/mol. The summed E-state index contributed by atoms with van der Waals surface area (Å²) in [5.41, 5.74) is -0.800. The van der Waals surface area contributed by atoms with Gasteiger partial charge in [0.2, 0.25) is 0 Å². The van der Waals surface area contributed by atoms with E-state index in [-0.39, 0.29) is 59.5 Å². The van der Waals surface area contributed by atoms with Crippen LogP contribution in [0.2, 0.25) is 0 Å². The van der Waals surface area contributed by atoms with Crippen LogP contribution in [0.4, 0.5) is 0 Å². The third-order valence-corrected chi connectivity index (χ3v) is 6.58. The number of hydrogen-bond acceptors (Lipinski definition) is 5. The first kappa shape index (κ1) is 18.4. The zero-order chi connectivity index (χ0) is 18.6. The smallest absolute Gasteiger partial charge is 0.309 e. The number of carbonyl (C=O) groups excluding carboxylic acids is 3. The molecule has 5 unspecified atom stereocenters. The van der Waals surface area contributed by atoms with E-state index < -0.39 is 5.41 Å². The van der Waals surface area contributed by atoms with Crippen LogP contribution < -0.4 is 0 Å². The molecule has 1 saturated heterocycles. The summed E-state index contributed by atoms with van der Waals surface area (Å²) in [7, 11) is 0. The van der Waals surface area contributed by atoms with Gasteiger partial charge in [-0.15, -0.1) is 0 Å². The van der Waals surface area contributed by atoms with Crippen LogP contribution in [0.3, 0.4) is 0 Å². The van der Waals surface area contributed by atoms with Gasteiger partial charge >= 0.3 is 11.9 Å². The monoisotopic (exact) mass is 350 g/mol. The van der Waals surface area contributed by atoms with Crippen molar-refractivity contribution in [3.8, 4) is 0 Å². The second-order valence-electron chi connectivity index (χ2n) is 9.54. The minimum Gasteiger partial charge on any atom is -0.458 e. The Balaban J connectivity index is 1.56. The largest absolute Gasteiger partial charge is 0.458 e. The predicted octanol–water partition coefficient (Wildman–Crippen LogP) is 3.29. The van der Waals surface area contributed by atoms with Gasteiger partial charge in [-0.1, -0.05) is 34.6 Å². The molecule has 2 saturated carbocycles. The van der Waals surface area contributed by atoms with Crippen LogP contribution in [0, 0.1) is 28.6 Å². The van der Waals surface area contributed by atoms with Crippen molar-refractivity contribution < 1.29 is 23.9 Å². The molecule has 25 heavy (non-hydrogen) atoms. The van der Waals surface area contributed by atoms with Gasteiger partial charge in [0.15, 0.2) is 0 Å². The summed E-state index contributed by atoms with van der Waals surface area (Å²) in [6, 6.07) is 0. The third kappa shape index (κ3) is 3.34. The van der Waals surface area contributed by atoms with E-state index >= 15 is 0 Å². The average molecular weight is 350 g/mol. The Labute approximate surface area is 149 Å². The molecule has 0 amide bonds. The number of carbonyl (C=O) groups is 3. The highest BCUT2D eigenvalue weighted by atomic mass is 16.6. The molecule has 0 spiro atoms. The van der Waals surface area contributed by atoms with Gasteiger partial charge in [0, 0.05) is 23.7 Å². The molecular formula is C20H30O5. The van der Waals surface area contributed by atoms with E-state index in [1.54, 1.807) is 0 Å². The maximum Gasteiger partial charge on any atom is 0.309 e. The fourth-order valence-electron chi connectivity index (χ4n) is 4.58. The maximum atomic E-state index is 12.5. The highest BCUT2D eigenvalue weighted by molar-refractivity contribution is 5.85. The van der Waals surface area contributed by atoms with Crippen LogP contribution in [0.25, 0.3) is 0 Å². The van der Waals surface area contributed by atoms with Crippen molar-refractivity contribution in [3.63, 3.8) is 0 Å². The molecule has 0 aromatic carbocycles. The van der Waals surface area contributed by atoms with Crippen molar-refractivity contribution in [2.75, 3.05) is 0 Å². The second-order valence-corrected chi connectivity index (χ2v) is 9.54. The Hall–Kier alpha value is -1.39. The fourth-order valence-corrected chi connectivity index (χ4v) is 4.58. The molecule has 3 rings (SSSR count). The minimum absolute atomic E-state index is 0.0234. The number of rotatable bonds is 7. The number of fused-ring (bicyclic) bond motifs is 1. The Morgan fingerprint density at radius 3 is 2.48 bits per heavy atom. The van der Waals surface area contributed by atoms with E-state index in [2.05, 4.69) is 0 Å². The lowest BCUT2D eigenvalue weighted by Gasteiger charge is -2.30. The molecule has 1 heterocycles. The topological polar surface area (TPSA) is 69.7 Å². The van der Waals surface area contributed by atoms with Crippen LogP contribution in [-0.2, 0) is 23.9 Å². The molecule has 0 N–H and O–H groups in total. The van der Waals surface area contributed by atoms with Gasteiger partial charge in [0.25, 0.3) is 0 Å². The first-order valence-electron chi connectivity index (χ1n) is 9.47. The molecule has 5 nitrogen and oxygen atoms in total. The number of Topliss-reactive ketones (excluding diaryl/α,β-unsaturated/α-hetero) is 1. The lowest BCUT2D eigenvalue weighted by molar-refractivity contribution is -0.163. The SMILES string of the molecule is CCC(C)(C)C(=O)CC(C)(C)CC(=O)OC1C2CC3C(=O)OC1C3C2. The van der Waals surface area contributed by atoms with Crippen LogP contribution in [0.5, 0.6) is 0 Å². The fraction of sp³-hybridized carbons (Fsp3) is 0.850. The standard InChI is InChI=1S/C20H30O5/c1-6-20(4,5)14(21)9-19(2,3)10-15(22)24-16-11-7-12-13(8-11)18(23)25-17(12)16/h11-13,16-17H,6-10H2,1-5H3. The van der Waals surface area contributed by atoms with Crippen molar-refractivity contribution in [1.82, 2.24) is 0 Å². The lowest BCUT2D eigenvalue weighted by atomic mass is 9.75. The molecule has 3 aliphatic rings. The molecule has 5 heteroatoms. The molecule has 140 valence electrons. The third-order valence-electron chi connectivity index (χ3n) is 6.58. The summed E-state index contributed by atoms with van der Waals surface area (Å²) in [5, 5.41) is 0. The van der Waals surface area contributed by atoms with Crippen molar-refractivity contribution in [1.29, 1.82) is 0 Å². The van der Waals surface area contributed by atoms with Gasteiger partial charge in [0.1, 0.15) is 18.0 Å². The van der Waals surface area contributed by atoms with E-state index in [4.69, 9.17) is 9.47 Å². The van der Waals surface area contributed by atoms with Crippen molar-refractivity contribution in [2.45, 2.75) is 78.9 Å². The zero-order valence-corrected chi connectivity index (χ0v) is 16.0. The van der Waals surface area contributed by atoms with Gasteiger partial charge in [0.05, 0.1) is 12.3 Å². The van der Waals surface area contributed by atoms with Crippen LogP contribution in [0.1, 0.15) is 66.7 Å². The number of hydrogen-bond donors (Lipinski definition) is 0. The van der Waals surface area contributed by atoms with Crippen molar-refractivity contribution in [3.05, 3.63) is 0 Å². The number of esters is 2. The molecule has 0 aromatic heterocycles. The van der Waals surface area contributed by atoms with Crippen LogP contribution in [-0.4, -0.2) is 29.9 Å². The molecule has 5 atom stereocenters. The van der Waals surface area contributed by atoms with Crippen molar-refractivity contribution >= 4 is 17.7 Å². The summed E-state index contributed by atoms with van der Waals surface area (Å²) < 4.78 is 11.2. The van der Waals surface area contributed by atoms with E-state index in [1.807, 2.05) is 34.6 Å². The van der Waals surface area contributed by atoms with Gasteiger partial charge in [-0.2, -0.15) is 0 Å². The van der Waals surface area contributed by atoms with Gasteiger partial charge in [-0.25, -0.2) is 0 Å². The highest BCUT2D eigenvalue weighted by Gasteiger charge is 2.63. The summed E-state index contributed by atoms with van der Waals surface area (Å²) in [6.07, 6.45) is 2.51. The van der Waals surface area contributed by atoms with Gasteiger partial charge in [-0.3, -0.25) is 14.4 Å². The maximum absolute atomic E-state index is 12.5. The number of ether oxygens (including phenoxy) is 2. The summed E-state index contributed by atoms with van der Waals surface area (Å²) in [6.45, 7) is 9.77. The summed E-state index contributed by atoms with van der Waals surface area (Å²) in [4.78, 5) is 36.7. The Morgan fingerprint density at radius 2 is 1.84 bits per heavy atom.